The molecule has 0 unspecified atom stereocenters. The monoisotopic (exact) mass is 406 g/mol. The maximum atomic E-state index is 12.8. The number of carbonyl (C=O) groups excluding carboxylic acids is 2. The summed E-state index contributed by atoms with van der Waals surface area (Å²) in [6.45, 7) is 3.13. The average molecular weight is 406 g/mol. The topological polar surface area (TPSA) is 115 Å². The first-order valence-electron chi connectivity index (χ1n) is 9.13. The van der Waals surface area contributed by atoms with Gasteiger partial charge in [-0.2, -0.15) is 0 Å². The maximum absolute atomic E-state index is 12.8. The molecule has 0 saturated heterocycles. The molecule has 0 spiro atoms. The fourth-order valence-corrected chi connectivity index (χ4v) is 2.48. The van der Waals surface area contributed by atoms with Crippen LogP contribution in [0.4, 0.5) is 16.3 Å². The van der Waals surface area contributed by atoms with Gasteiger partial charge in [-0.05, 0) is 25.5 Å². The fourth-order valence-electron chi connectivity index (χ4n) is 2.48. The first kappa shape index (κ1) is 22.0. The Morgan fingerprint density at radius 1 is 1.17 bits per heavy atom. The lowest BCUT2D eigenvalue weighted by molar-refractivity contribution is -0.116. The molecule has 0 radical (unpaired) electrons. The van der Waals surface area contributed by atoms with Crippen molar-refractivity contribution in [3.8, 4) is 11.5 Å². The number of amides is 3. The Morgan fingerprint density at radius 2 is 2.00 bits per heavy atom. The van der Waals surface area contributed by atoms with Gasteiger partial charge in [-0.25, -0.2) is 4.79 Å². The second-order valence-electron chi connectivity index (χ2n) is 5.90. The zero-order chi connectivity index (χ0) is 21.1. The van der Waals surface area contributed by atoms with Crippen LogP contribution >= 0.6 is 0 Å². The molecule has 1 heterocycles. The summed E-state index contributed by atoms with van der Waals surface area (Å²) in [5.74, 6) is 0.924. The van der Waals surface area contributed by atoms with Crippen LogP contribution in [0.5, 0.6) is 11.5 Å². The number of methoxy groups -OCH3 is 2. The van der Waals surface area contributed by atoms with Crippen molar-refractivity contribution in [3.05, 3.63) is 30.5 Å². The summed E-state index contributed by atoms with van der Waals surface area (Å²) in [4.78, 5) is 26.5. The minimum absolute atomic E-state index is 0.163. The Labute approximate surface area is 169 Å². The van der Waals surface area contributed by atoms with Crippen LogP contribution in [0.25, 0.3) is 0 Å². The molecule has 0 atom stereocenters. The zero-order valence-corrected chi connectivity index (χ0v) is 16.8. The summed E-state index contributed by atoms with van der Waals surface area (Å²) in [6, 6.07) is 6.10. The van der Waals surface area contributed by atoms with Crippen molar-refractivity contribution in [2.75, 3.05) is 51.2 Å². The van der Waals surface area contributed by atoms with Crippen molar-refractivity contribution in [2.24, 2.45) is 0 Å². The number of hydrogen-bond acceptors (Lipinski definition) is 7. The van der Waals surface area contributed by atoms with E-state index in [4.69, 9.17) is 14.2 Å². The quantitative estimate of drug-likeness (QED) is 0.551. The number of aromatic nitrogens is 1. The van der Waals surface area contributed by atoms with Gasteiger partial charge < -0.3 is 34.3 Å². The molecule has 0 saturated carbocycles. The van der Waals surface area contributed by atoms with E-state index in [0.717, 1.165) is 0 Å². The average Bonchev–Trinajstić information content (AvgIpc) is 3.23. The lowest BCUT2D eigenvalue weighted by atomic mass is 10.2. The van der Waals surface area contributed by atoms with Gasteiger partial charge in [0.2, 0.25) is 5.91 Å². The highest BCUT2D eigenvalue weighted by atomic mass is 16.5. The van der Waals surface area contributed by atoms with Gasteiger partial charge in [0.25, 0.3) is 0 Å². The summed E-state index contributed by atoms with van der Waals surface area (Å²) in [6.07, 6.45) is 1.93. The van der Waals surface area contributed by atoms with Gasteiger partial charge in [0.05, 0.1) is 19.9 Å². The van der Waals surface area contributed by atoms with E-state index in [-0.39, 0.29) is 12.4 Å². The van der Waals surface area contributed by atoms with Crippen molar-refractivity contribution in [1.82, 2.24) is 10.1 Å². The molecule has 2 rings (SSSR count). The van der Waals surface area contributed by atoms with Crippen LogP contribution in [0.3, 0.4) is 0 Å². The number of rotatable bonds is 11. The van der Waals surface area contributed by atoms with Gasteiger partial charge in [0, 0.05) is 31.9 Å². The molecular formula is C19H26N4O6. The van der Waals surface area contributed by atoms with E-state index in [1.807, 2.05) is 6.92 Å². The first-order chi connectivity index (χ1) is 14.1. The molecule has 0 fully saturated rings. The summed E-state index contributed by atoms with van der Waals surface area (Å²) >= 11 is 0. The molecule has 1 aromatic carbocycles. The first-order valence-corrected chi connectivity index (χ1v) is 9.13. The van der Waals surface area contributed by atoms with Gasteiger partial charge in [0.15, 0.2) is 5.82 Å². The number of nitrogens with zero attached hydrogens (tertiary/aromatic N) is 2. The minimum atomic E-state index is -0.444. The largest absolute Gasteiger partial charge is 0.497 e. The maximum Gasteiger partial charge on any atom is 0.322 e. The Morgan fingerprint density at radius 3 is 2.66 bits per heavy atom. The zero-order valence-electron chi connectivity index (χ0n) is 16.8. The molecule has 0 aliphatic rings. The van der Waals surface area contributed by atoms with Crippen LogP contribution in [0.2, 0.25) is 0 Å². The number of urea groups is 1. The van der Waals surface area contributed by atoms with Crippen LogP contribution in [0, 0.1) is 0 Å². The predicted octanol–water partition coefficient (Wildman–Crippen LogP) is 2.59. The summed E-state index contributed by atoms with van der Waals surface area (Å²) < 4.78 is 20.5. The normalized spacial score (nSPS) is 10.3. The SMILES string of the molecule is CCOCCCN(CC(=O)Nc1ccon1)C(=O)Nc1ccc(OC)cc1OC. The summed E-state index contributed by atoms with van der Waals surface area (Å²) in [7, 11) is 3.04. The third-order valence-electron chi connectivity index (χ3n) is 3.90. The van der Waals surface area contributed by atoms with Gasteiger partial charge in [0.1, 0.15) is 24.3 Å². The standard InChI is InChI=1S/C19H26N4O6/c1-4-28-10-5-9-23(13-18(24)21-17-8-11-29-22-17)19(25)20-15-7-6-14(26-2)12-16(15)27-3/h6-8,11-12H,4-5,9-10,13H2,1-3H3,(H,20,25)(H,21,22,24). The molecule has 0 aliphatic heterocycles. The molecule has 10 heteroatoms. The highest BCUT2D eigenvalue weighted by Crippen LogP contribution is 2.29. The molecule has 0 aliphatic carbocycles. The highest BCUT2D eigenvalue weighted by Gasteiger charge is 2.19. The van der Waals surface area contributed by atoms with Crippen molar-refractivity contribution in [1.29, 1.82) is 0 Å². The van der Waals surface area contributed by atoms with Crippen LogP contribution < -0.4 is 20.1 Å². The van der Waals surface area contributed by atoms with Gasteiger partial charge >= 0.3 is 6.03 Å². The lowest BCUT2D eigenvalue weighted by Crippen LogP contribution is -2.41. The van der Waals surface area contributed by atoms with Crippen molar-refractivity contribution in [3.63, 3.8) is 0 Å². The number of benzene rings is 1. The van der Waals surface area contributed by atoms with Crippen LogP contribution in [-0.2, 0) is 9.53 Å². The van der Waals surface area contributed by atoms with Crippen molar-refractivity contribution in [2.45, 2.75) is 13.3 Å². The third-order valence-corrected chi connectivity index (χ3v) is 3.90. The van der Waals surface area contributed by atoms with E-state index in [2.05, 4.69) is 20.3 Å². The number of ether oxygens (including phenoxy) is 3. The molecule has 10 nitrogen and oxygen atoms in total. The van der Waals surface area contributed by atoms with E-state index in [1.165, 1.54) is 24.3 Å². The van der Waals surface area contributed by atoms with E-state index in [9.17, 15) is 9.59 Å². The molecule has 1 aromatic heterocycles. The van der Waals surface area contributed by atoms with E-state index < -0.39 is 11.9 Å². The molecular weight excluding hydrogens is 380 g/mol. The van der Waals surface area contributed by atoms with Crippen LogP contribution in [-0.4, -0.2) is 62.5 Å². The second-order valence-corrected chi connectivity index (χ2v) is 5.90. The second kappa shape index (κ2) is 11.5. The fraction of sp³-hybridized carbons (Fsp3) is 0.421. The van der Waals surface area contributed by atoms with Gasteiger partial charge in [-0.15, -0.1) is 0 Å². The molecule has 29 heavy (non-hydrogen) atoms. The Balaban J connectivity index is 2.05. The van der Waals surface area contributed by atoms with E-state index in [0.29, 0.717) is 43.4 Å². The number of anilines is 2. The van der Waals surface area contributed by atoms with E-state index in [1.54, 1.807) is 25.3 Å². The molecule has 2 N–H and O–H groups in total. The lowest BCUT2D eigenvalue weighted by Gasteiger charge is -2.23. The van der Waals surface area contributed by atoms with E-state index >= 15 is 0 Å². The smallest absolute Gasteiger partial charge is 0.322 e. The molecule has 0 bridgehead atoms. The molecule has 2 aromatic rings. The number of nitrogens with one attached hydrogen (secondary N) is 2. The highest BCUT2D eigenvalue weighted by molar-refractivity contribution is 5.97. The van der Waals surface area contributed by atoms with Gasteiger partial charge in [-0.1, -0.05) is 5.16 Å². The third kappa shape index (κ3) is 7.00. The molecule has 158 valence electrons. The van der Waals surface area contributed by atoms with Crippen LogP contribution in [0.15, 0.2) is 35.1 Å². The molecule has 3 amide bonds. The Bertz CT molecular complexity index is 781. The minimum Gasteiger partial charge on any atom is -0.497 e. The summed E-state index contributed by atoms with van der Waals surface area (Å²) in [5.41, 5.74) is 0.463. The number of hydrogen-bond donors (Lipinski definition) is 2. The predicted molar refractivity (Wildman–Crippen MR) is 106 cm³/mol. The van der Waals surface area contributed by atoms with Crippen molar-refractivity contribution < 1.29 is 28.3 Å². The van der Waals surface area contributed by atoms with Crippen molar-refractivity contribution >= 4 is 23.4 Å². The number of carbonyl (C=O) groups is 2. The van der Waals surface area contributed by atoms with Crippen LogP contribution in [0.1, 0.15) is 13.3 Å². The summed E-state index contributed by atoms with van der Waals surface area (Å²) in [5, 5.41) is 8.97. The van der Waals surface area contributed by atoms with Gasteiger partial charge in [-0.3, -0.25) is 4.79 Å². The Kier molecular flexibility index (Phi) is 8.77. The Hall–Kier alpha value is -3.27.